The predicted octanol–water partition coefficient (Wildman–Crippen LogP) is 1.16. The van der Waals surface area contributed by atoms with E-state index in [1.807, 2.05) is 7.05 Å². The number of anilines is 1. The van der Waals surface area contributed by atoms with Gasteiger partial charge in [-0.05, 0) is 61.8 Å². The van der Waals surface area contributed by atoms with Crippen LogP contribution in [0.4, 0.5) is 5.69 Å². The molecule has 1 fully saturated rings. The van der Waals surface area contributed by atoms with E-state index in [0.29, 0.717) is 12.0 Å². The highest BCUT2D eigenvalue weighted by molar-refractivity contribution is 5.57. The highest BCUT2D eigenvalue weighted by atomic mass is 15.0. The highest BCUT2D eigenvalue weighted by Crippen LogP contribution is 2.27. The van der Waals surface area contributed by atoms with Crippen LogP contribution >= 0.6 is 0 Å². The van der Waals surface area contributed by atoms with Crippen LogP contribution in [0.5, 0.6) is 0 Å². The summed E-state index contributed by atoms with van der Waals surface area (Å²) in [4.78, 5) is 0. The number of likely N-dealkylation sites (N-methyl/N-ethyl adjacent to an activating group) is 1. The first kappa shape index (κ1) is 17.4. The molecule has 4 nitrogen and oxygen atoms in total. The summed E-state index contributed by atoms with van der Waals surface area (Å²) >= 11 is 0. The van der Waals surface area contributed by atoms with Crippen molar-refractivity contribution in [3.05, 3.63) is 51.9 Å². The fourth-order valence-corrected chi connectivity index (χ4v) is 4.18. The van der Waals surface area contributed by atoms with Gasteiger partial charge in [0.15, 0.2) is 0 Å². The number of fused-ring (bicyclic) bond motifs is 1. The number of benzene rings is 1. The van der Waals surface area contributed by atoms with E-state index >= 15 is 0 Å². The summed E-state index contributed by atoms with van der Waals surface area (Å²) < 4.78 is 0. The topological polar surface area (TPSA) is 48.1 Å². The number of piperidine rings is 1. The molecule has 4 rings (SSSR count). The number of hydrogen-bond donors (Lipinski definition) is 4. The molecule has 0 radical (unpaired) electrons. The molecule has 1 unspecified atom stereocenters. The molecule has 1 saturated heterocycles. The van der Waals surface area contributed by atoms with Crippen LogP contribution in [0, 0.1) is 0 Å². The van der Waals surface area contributed by atoms with Crippen LogP contribution in [0.3, 0.4) is 0 Å². The quantitative estimate of drug-likeness (QED) is 0.644. The largest absolute Gasteiger partial charge is 0.387 e. The van der Waals surface area contributed by atoms with Crippen LogP contribution in [-0.2, 0) is 0 Å². The fraction of sp³-hybridized carbons (Fsp3) is 0.455. The number of allylic oxidation sites excluding steroid dienone is 2. The molecule has 3 aliphatic rings. The lowest BCUT2D eigenvalue weighted by atomic mass is 9.88. The molecule has 0 aromatic heterocycles. The van der Waals surface area contributed by atoms with E-state index in [1.165, 1.54) is 40.1 Å². The van der Waals surface area contributed by atoms with E-state index in [4.69, 9.17) is 0 Å². The molecule has 1 aromatic carbocycles. The summed E-state index contributed by atoms with van der Waals surface area (Å²) in [6.07, 6.45) is 14.9. The van der Waals surface area contributed by atoms with Gasteiger partial charge in [0.1, 0.15) is 0 Å². The molecule has 0 saturated carbocycles. The lowest BCUT2D eigenvalue weighted by molar-refractivity contribution is 0.479. The molecule has 2 heterocycles. The third kappa shape index (κ3) is 3.87. The van der Waals surface area contributed by atoms with Crippen LogP contribution < -0.4 is 31.7 Å². The molecule has 26 heavy (non-hydrogen) atoms. The third-order valence-electron chi connectivity index (χ3n) is 5.57. The monoisotopic (exact) mass is 350 g/mol. The summed E-state index contributed by atoms with van der Waals surface area (Å²) in [6.45, 7) is 4.06. The zero-order valence-corrected chi connectivity index (χ0v) is 15.6. The Kier molecular flexibility index (Phi) is 5.42. The van der Waals surface area contributed by atoms with Gasteiger partial charge in [-0.1, -0.05) is 30.4 Å². The first-order chi connectivity index (χ1) is 12.8. The van der Waals surface area contributed by atoms with Gasteiger partial charge in [-0.3, -0.25) is 0 Å². The van der Waals surface area contributed by atoms with Crippen LogP contribution in [0.2, 0.25) is 0 Å². The van der Waals surface area contributed by atoms with Crippen LogP contribution in [0.1, 0.15) is 30.7 Å². The Labute approximate surface area is 156 Å². The molecule has 0 bridgehead atoms. The first-order valence-electron chi connectivity index (χ1n) is 9.90. The summed E-state index contributed by atoms with van der Waals surface area (Å²) in [5.74, 6) is 0.463. The van der Waals surface area contributed by atoms with E-state index in [0.717, 1.165) is 32.6 Å². The molecule has 138 valence electrons. The standard InChI is InChI=1S/C22H30N4/c1-23-14-16-3-2-4-17(11-16)19-12-18-5-8-25-15-21(18)22(13-19)26-20-6-9-24-10-7-20/h2-3,5,11-13,15,17,20,23-26H,4,6-10,14H2,1H3. The van der Waals surface area contributed by atoms with Gasteiger partial charge >= 0.3 is 0 Å². The van der Waals surface area contributed by atoms with E-state index < -0.39 is 0 Å². The molecular weight excluding hydrogens is 320 g/mol. The maximum absolute atomic E-state index is 3.84. The van der Waals surface area contributed by atoms with Crippen molar-refractivity contribution in [1.82, 2.24) is 16.0 Å². The van der Waals surface area contributed by atoms with Crippen LogP contribution in [-0.4, -0.2) is 39.3 Å². The number of hydrogen-bond acceptors (Lipinski definition) is 4. The van der Waals surface area contributed by atoms with Crippen molar-refractivity contribution in [2.24, 2.45) is 0 Å². The fourth-order valence-electron chi connectivity index (χ4n) is 4.18. The molecule has 1 atom stereocenters. The summed E-state index contributed by atoms with van der Waals surface area (Å²) in [7, 11) is 2.01. The molecule has 0 amide bonds. The summed E-state index contributed by atoms with van der Waals surface area (Å²) in [5.41, 5.74) is 4.09. The smallest absolute Gasteiger partial charge is 0.0439 e. The first-order valence-corrected chi connectivity index (χ1v) is 9.90. The van der Waals surface area contributed by atoms with Crippen molar-refractivity contribution in [3.8, 4) is 0 Å². The zero-order valence-electron chi connectivity index (χ0n) is 15.6. The minimum Gasteiger partial charge on any atom is -0.387 e. The Bertz CT molecular complexity index is 815. The van der Waals surface area contributed by atoms with Gasteiger partial charge in [0, 0.05) is 42.2 Å². The van der Waals surface area contributed by atoms with Gasteiger partial charge in [-0.2, -0.15) is 0 Å². The van der Waals surface area contributed by atoms with Crippen molar-refractivity contribution in [1.29, 1.82) is 0 Å². The van der Waals surface area contributed by atoms with Crippen molar-refractivity contribution >= 4 is 18.0 Å². The Morgan fingerprint density at radius 3 is 2.92 bits per heavy atom. The van der Waals surface area contributed by atoms with Gasteiger partial charge in [0.25, 0.3) is 0 Å². The molecule has 2 aliphatic heterocycles. The Morgan fingerprint density at radius 2 is 2.08 bits per heavy atom. The van der Waals surface area contributed by atoms with E-state index in [-0.39, 0.29) is 0 Å². The van der Waals surface area contributed by atoms with E-state index in [9.17, 15) is 0 Å². The average molecular weight is 351 g/mol. The average Bonchev–Trinajstić information content (AvgIpc) is 2.69. The normalized spacial score (nSPS) is 22.5. The van der Waals surface area contributed by atoms with Crippen molar-refractivity contribution < 1.29 is 0 Å². The van der Waals surface area contributed by atoms with E-state index in [1.54, 1.807) is 0 Å². The lowest BCUT2D eigenvalue weighted by Crippen LogP contribution is -2.40. The second-order valence-corrected chi connectivity index (χ2v) is 7.51. The van der Waals surface area contributed by atoms with Gasteiger partial charge in [-0.15, -0.1) is 0 Å². The summed E-state index contributed by atoms with van der Waals surface area (Å²) in [6, 6.07) is 5.33. The predicted molar refractivity (Wildman–Crippen MR) is 111 cm³/mol. The molecule has 4 N–H and O–H groups in total. The highest BCUT2D eigenvalue weighted by Gasteiger charge is 2.17. The Morgan fingerprint density at radius 1 is 1.19 bits per heavy atom. The molecular formula is C22H30N4. The van der Waals surface area contributed by atoms with Crippen molar-refractivity contribution in [2.45, 2.75) is 31.2 Å². The second-order valence-electron chi connectivity index (χ2n) is 7.51. The van der Waals surface area contributed by atoms with Gasteiger partial charge in [0.2, 0.25) is 0 Å². The minimum absolute atomic E-state index is 0.463. The van der Waals surface area contributed by atoms with Crippen molar-refractivity contribution in [3.63, 3.8) is 0 Å². The van der Waals surface area contributed by atoms with E-state index in [2.05, 4.69) is 63.9 Å². The molecule has 1 aliphatic carbocycles. The molecule has 1 aromatic rings. The SMILES string of the molecule is CNCC1=CC(c2cc(NC3CCNCC3)c3c(c2)=CCNC=3)CC=C1. The summed E-state index contributed by atoms with van der Waals surface area (Å²) in [5, 5.41) is 16.6. The lowest BCUT2D eigenvalue weighted by Gasteiger charge is -2.26. The molecule has 0 spiro atoms. The van der Waals surface area contributed by atoms with Gasteiger partial charge in [0.05, 0.1) is 0 Å². The Hall–Kier alpha value is -2.04. The maximum Gasteiger partial charge on any atom is 0.0439 e. The second kappa shape index (κ2) is 8.11. The van der Waals surface area contributed by atoms with Gasteiger partial charge in [-0.25, -0.2) is 0 Å². The minimum atomic E-state index is 0.463. The number of nitrogens with one attached hydrogen (secondary N) is 4. The molecule has 4 heteroatoms. The van der Waals surface area contributed by atoms with Crippen LogP contribution in [0.25, 0.3) is 12.3 Å². The zero-order chi connectivity index (χ0) is 17.8. The number of rotatable bonds is 5. The van der Waals surface area contributed by atoms with Gasteiger partial charge < -0.3 is 21.3 Å². The van der Waals surface area contributed by atoms with Crippen LogP contribution in [0.15, 0.2) is 35.9 Å². The van der Waals surface area contributed by atoms with Crippen molar-refractivity contribution in [2.75, 3.05) is 38.5 Å². The maximum atomic E-state index is 3.84. The Balaban J connectivity index is 1.68. The third-order valence-corrected chi connectivity index (χ3v) is 5.57.